The Balaban J connectivity index is 2.22. The van der Waals surface area contributed by atoms with Crippen molar-refractivity contribution in [2.24, 2.45) is 5.92 Å². The number of aromatic nitrogens is 1. The summed E-state index contributed by atoms with van der Waals surface area (Å²) in [7, 11) is 0. The minimum Gasteiger partial charge on any atom is -0.302 e. The standard InChI is InChI=1S/C14H18N2OS/c1-4-10(5-2)13(17)16-14-15-12-9(3)7-6-8-11(12)18-14/h6-8,10H,4-5H2,1-3H3,(H,15,16,17). The van der Waals surface area contributed by atoms with Crippen molar-refractivity contribution >= 4 is 32.6 Å². The van der Waals surface area contributed by atoms with Crippen LogP contribution in [0.2, 0.25) is 0 Å². The molecule has 0 fully saturated rings. The number of nitrogens with one attached hydrogen (secondary N) is 1. The average Bonchev–Trinajstić information content (AvgIpc) is 2.74. The zero-order valence-corrected chi connectivity index (χ0v) is 11.8. The third-order valence-corrected chi connectivity index (χ3v) is 4.14. The highest BCUT2D eigenvalue weighted by Gasteiger charge is 2.16. The maximum atomic E-state index is 12.0. The van der Waals surface area contributed by atoms with Gasteiger partial charge in [0.2, 0.25) is 5.91 Å². The van der Waals surface area contributed by atoms with E-state index >= 15 is 0 Å². The average molecular weight is 262 g/mol. The Kier molecular flexibility index (Phi) is 3.97. The molecule has 18 heavy (non-hydrogen) atoms. The SMILES string of the molecule is CCC(CC)C(=O)Nc1nc2c(C)cccc2s1. The van der Waals surface area contributed by atoms with Gasteiger partial charge in [0.25, 0.3) is 0 Å². The molecule has 96 valence electrons. The molecule has 0 atom stereocenters. The van der Waals surface area contributed by atoms with Gasteiger partial charge in [0.15, 0.2) is 5.13 Å². The number of amides is 1. The van der Waals surface area contributed by atoms with Crippen LogP contribution in [0.3, 0.4) is 0 Å². The molecule has 0 spiro atoms. The molecule has 0 unspecified atom stereocenters. The van der Waals surface area contributed by atoms with E-state index in [0.717, 1.165) is 28.6 Å². The number of carbonyl (C=O) groups excluding carboxylic acids is 1. The zero-order valence-electron chi connectivity index (χ0n) is 11.0. The fourth-order valence-electron chi connectivity index (χ4n) is 2.01. The molecule has 0 aliphatic rings. The summed E-state index contributed by atoms with van der Waals surface area (Å²) < 4.78 is 1.12. The van der Waals surface area contributed by atoms with E-state index < -0.39 is 0 Å². The van der Waals surface area contributed by atoms with Crippen LogP contribution in [-0.4, -0.2) is 10.9 Å². The number of benzene rings is 1. The van der Waals surface area contributed by atoms with Gasteiger partial charge in [-0.05, 0) is 31.4 Å². The molecule has 1 N–H and O–H groups in total. The molecular formula is C14H18N2OS. The minimum atomic E-state index is 0.0803. The second-order valence-electron chi connectivity index (χ2n) is 4.44. The quantitative estimate of drug-likeness (QED) is 0.905. The lowest BCUT2D eigenvalue weighted by atomic mass is 10.0. The van der Waals surface area contributed by atoms with Gasteiger partial charge in [0, 0.05) is 5.92 Å². The van der Waals surface area contributed by atoms with Gasteiger partial charge in [0.1, 0.15) is 0 Å². The summed E-state index contributed by atoms with van der Waals surface area (Å²) in [5.41, 5.74) is 2.13. The van der Waals surface area contributed by atoms with Gasteiger partial charge < -0.3 is 5.32 Å². The zero-order chi connectivity index (χ0) is 13.1. The lowest BCUT2D eigenvalue weighted by Gasteiger charge is -2.10. The Morgan fingerprint density at radius 3 is 2.72 bits per heavy atom. The predicted octanol–water partition coefficient (Wildman–Crippen LogP) is 3.98. The van der Waals surface area contributed by atoms with E-state index in [1.165, 1.54) is 11.3 Å². The van der Waals surface area contributed by atoms with Gasteiger partial charge in [-0.3, -0.25) is 4.79 Å². The fraction of sp³-hybridized carbons (Fsp3) is 0.429. The summed E-state index contributed by atoms with van der Waals surface area (Å²) in [5.74, 6) is 0.162. The number of hydrogen-bond acceptors (Lipinski definition) is 3. The lowest BCUT2D eigenvalue weighted by molar-refractivity contribution is -0.120. The number of para-hydroxylation sites is 1. The molecule has 2 rings (SSSR count). The summed E-state index contributed by atoms with van der Waals surface area (Å²) in [5, 5.41) is 3.63. The molecule has 1 amide bonds. The first-order chi connectivity index (χ1) is 8.65. The smallest absolute Gasteiger partial charge is 0.229 e. The number of fused-ring (bicyclic) bond motifs is 1. The molecule has 2 aromatic rings. The third-order valence-electron chi connectivity index (χ3n) is 3.21. The van der Waals surface area contributed by atoms with Crippen molar-refractivity contribution in [3.8, 4) is 0 Å². The van der Waals surface area contributed by atoms with E-state index in [2.05, 4.69) is 10.3 Å². The monoisotopic (exact) mass is 262 g/mol. The molecule has 1 heterocycles. The van der Waals surface area contributed by atoms with E-state index in [-0.39, 0.29) is 11.8 Å². The van der Waals surface area contributed by atoms with Gasteiger partial charge >= 0.3 is 0 Å². The van der Waals surface area contributed by atoms with Crippen LogP contribution in [0.5, 0.6) is 0 Å². The fourth-order valence-corrected chi connectivity index (χ4v) is 2.95. The maximum absolute atomic E-state index is 12.0. The van der Waals surface area contributed by atoms with Crippen LogP contribution in [0.4, 0.5) is 5.13 Å². The summed E-state index contributed by atoms with van der Waals surface area (Å²) >= 11 is 1.54. The van der Waals surface area contributed by atoms with E-state index in [1.807, 2.05) is 39.0 Å². The topological polar surface area (TPSA) is 42.0 Å². The molecule has 3 nitrogen and oxygen atoms in total. The van der Waals surface area contributed by atoms with Crippen LogP contribution in [0.25, 0.3) is 10.2 Å². The number of thiazole rings is 1. The molecule has 0 bridgehead atoms. The van der Waals surface area contributed by atoms with Gasteiger partial charge in [0.05, 0.1) is 10.2 Å². The highest BCUT2D eigenvalue weighted by atomic mass is 32.1. The van der Waals surface area contributed by atoms with Crippen molar-refractivity contribution in [3.63, 3.8) is 0 Å². The summed E-state index contributed by atoms with van der Waals surface area (Å²) in [6.07, 6.45) is 1.73. The number of anilines is 1. The van der Waals surface area contributed by atoms with Crippen LogP contribution < -0.4 is 5.32 Å². The van der Waals surface area contributed by atoms with Crippen LogP contribution >= 0.6 is 11.3 Å². The minimum absolute atomic E-state index is 0.0803. The molecule has 0 saturated heterocycles. The van der Waals surface area contributed by atoms with Crippen LogP contribution in [0.15, 0.2) is 18.2 Å². The predicted molar refractivity (Wildman–Crippen MR) is 77.1 cm³/mol. The summed E-state index contributed by atoms with van der Waals surface area (Å²) in [6.45, 7) is 6.11. The van der Waals surface area contributed by atoms with Crippen LogP contribution in [0, 0.1) is 12.8 Å². The molecule has 0 radical (unpaired) electrons. The Morgan fingerprint density at radius 2 is 2.11 bits per heavy atom. The molecule has 0 saturated carbocycles. The van der Waals surface area contributed by atoms with Crippen molar-refractivity contribution < 1.29 is 4.79 Å². The van der Waals surface area contributed by atoms with Crippen molar-refractivity contribution in [1.82, 2.24) is 4.98 Å². The Labute approximate surface area is 111 Å². The molecule has 0 aliphatic heterocycles. The second-order valence-corrected chi connectivity index (χ2v) is 5.47. The largest absolute Gasteiger partial charge is 0.302 e. The van der Waals surface area contributed by atoms with Crippen molar-refractivity contribution in [3.05, 3.63) is 23.8 Å². The third kappa shape index (κ3) is 2.53. The molecule has 1 aromatic heterocycles. The number of carbonyl (C=O) groups is 1. The Hall–Kier alpha value is -1.42. The molecule has 4 heteroatoms. The van der Waals surface area contributed by atoms with E-state index in [9.17, 15) is 4.79 Å². The first-order valence-electron chi connectivity index (χ1n) is 6.32. The number of aryl methyl sites for hydroxylation is 1. The highest BCUT2D eigenvalue weighted by Crippen LogP contribution is 2.28. The van der Waals surface area contributed by atoms with Crippen molar-refractivity contribution in [1.29, 1.82) is 0 Å². The van der Waals surface area contributed by atoms with Gasteiger partial charge in [-0.2, -0.15) is 0 Å². The maximum Gasteiger partial charge on any atom is 0.229 e. The summed E-state index contributed by atoms with van der Waals surface area (Å²) in [6, 6.07) is 6.09. The Morgan fingerprint density at radius 1 is 1.39 bits per heavy atom. The van der Waals surface area contributed by atoms with Crippen LogP contribution in [-0.2, 0) is 4.79 Å². The first-order valence-corrected chi connectivity index (χ1v) is 7.14. The normalized spacial score (nSPS) is 11.1. The molecular weight excluding hydrogens is 244 g/mol. The lowest BCUT2D eigenvalue weighted by Crippen LogP contribution is -2.21. The number of rotatable bonds is 4. The van der Waals surface area contributed by atoms with Gasteiger partial charge in [-0.1, -0.05) is 37.3 Å². The van der Waals surface area contributed by atoms with Gasteiger partial charge in [-0.25, -0.2) is 4.98 Å². The van der Waals surface area contributed by atoms with Crippen LogP contribution in [0.1, 0.15) is 32.3 Å². The van der Waals surface area contributed by atoms with Crippen molar-refractivity contribution in [2.75, 3.05) is 5.32 Å². The second kappa shape index (κ2) is 5.48. The van der Waals surface area contributed by atoms with Gasteiger partial charge in [-0.15, -0.1) is 0 Å². The van der Waals surface area contributed by atoms with E-state index in [1.54, 1.807) is 0 Å². The molecule has 1 aromatic carbocycles. The number of nitrogens with zero attached hydrogens (tertiary/aromatic N) is 1. The molecule has 0 aliphatic carbocycles. The first kappa shape index (κ1) is 13.0. The Bertz CT molecular complexity index is 558. The number of hydrogen-bond donors (Lipinski definition) is 1. The van der Waals surface area contributed by atoms with Crippen molar-refractivity contribution in [2.45, 2.75) is 33.6 Å². The van der Waals surface area contributed by atoms with E-state index in [0.29, 0.717) is 5.13 Å². The summed E-state index contributed by atoms with van der Waals surface area (Å²) in [4.78, 5) is 16.5. The highest BCUT2D eigenvalue weighted by molar-refractivity contribution is 7.22. The van der Waals surface area contributed by atoms with E-state index in [4.69, 9.17) is 0 Å².